The third-order valence-electron chi connectivity index (χ3n) is 4.40. The summed E-state index contributed by atoms with van der Waals surface area (Å²) in [4.78, 5) is 18.0. The van der Waals surface area contributed by atoms with Crippen molar-refractivity contribution < 1.29 is 9.18 Å². The van der Waals surface area contributed by atoms with Crippen molar-refractivity contribution in [1.29, 1.82) is 5.26 Å². The van der Waals surface area contributed by atoms with Crippen molar-refractivity contribution in [1.82, 2.24) is 19.7 Å². The number of carbonyl (C=O) groups is 1. The lowest BCUT2D eigenvalue weighted by Gasteiger charge is -2.14. The molecule has 0 fully saturated rings. The molecule has 0 saturated carbocycles. The zero-order chi connectivity index (χ0) is 18.1. The van der Waals surface area contributed by atoms with E-state index in [0.29, 0.717) is 18.7 Å². The van der Waals surface area contributed by atoms with Gasteiger partial charge in [-0.05, 0) is 28.8 Å². The highest BCUT2D eigenvalue weighted by Gasteiger charge is 2.24. The molecular formula is C19H14FN5O. The summed E-state index contributed by atoms with van der Waals surface area (Å²) in [7, 11) is 0. The number of hydrogen-bond donors (Lipinski definition) is 0. The summed E-state index contributed by atoms with van der Waals surface area (Å²) in [6.07, 6.45) is 1.37. The van der Waals surface area contributed by atoms with Crippen LogP contribution in [0.5, 0.6) is 0 Å². The number of nitrogens with zero attached hydrogens (tertiary/aromatic N) is 5. The minimum atomic E-state index is -0.266. The molecule has 2 heterocycles. The van der Waals surface area contributed by atoms with E-state index in [2.05, 4.69) is 10.1 Å². The summed E-state index contributed by atoms with van der Waals surface area (Å²) >= 11 is 0. The van der Waals surface area contributed by atoms with Gasteiger partial charge in [0.25, 0.3) is 5.82 Å². The molecule has 0 aliphatic carbocycles. The fourth-order valence-corrected chi connectivity index (χ4v) is 3.09. The lowest BCUT2D eigenvalue weighted by atomic mass is 10.0. The molecule has 128 valence electrons. The maximum Gasteiger partial charge on any atom is 0.252 e. The van der Waals surface area contributed by atoms with Crippen LogP contribution in [0, 0.1) is 17.1 Å². The number of nitriles is 1. The van der Waals surface area contributed by atoms with Crippen LogP contribution in [0.1, 0.15) is 17.0 Å². The maximum atomic E-state index is 14.0. The van der Waals surface area contributed by atoms with E-state index in [-0.39, 0.29) is 24.1 Å². The normalized spacial score (nSPS) is 12.7. The van der Waals surface area contributed by atoms with E-state index < -0.39 is 0 Å². The quantitative estimate of drug-likeness (QED) is 0.729. The Labute approximate surface area is 149 Å². The summed E-state index contributed by atoms with van der Waals surface area (Å²) in [5, 5.41) is 12.7. The van der Waals surface area contributed by atoms with Crippen LogP contribution in [0.2, 0.25) is 0 Å². The van der Waals surface area contributed by atoms with Crippen molar-refractivity contribution in [3.8, 4) is 17.2 Å². The fourth-order valence-electron chi connectivity index (χ4n) is 3.09. The van der Waals surface area contributed by atoms with Crippen LogP contribution in [0.3, 0.4) is 0 Å². The highest BCUT2D eigenvalue weighted by Crippen LogP contribution is 2.29. The minimum Gasteiger partial charge on any atom is -0.332 e. The van der Waals surface area contributed by atoms with Crippen LogP contribution in [-0.4, -0.2) is 25.6 Å². The SMILES string of the molecule is N#Cc1ncn(CC(=O)N2Cc3ccc(-c4ccccc4F)cc3C2)n1. The van der Waals surface area contributed by atoms with Crippen molar-refractivity contribution >= 4 is 5.91 Å². The Morgan fingerprint density at radius 1 is 1.19 bits per heavy atom. The van der Waals surface area contributed by atoms with E-state index in [9.17, 15) is 9.18 Å². The lowest BCUT2D eigenvalue weighted by Crippen LogP contribution is -2.29. The number of amides is 1. The molecule has 1 aliphatic rings. The predicted molar refractivity (Wildman–Crippen MR) is 90.8 cm³/mol. The van der Waals surface area contributed by atoms with Gasteiger partial charge in [-0.15, -0.1) is 5.10 Å². The third-order valence-corrected chi connectivity index (χ3v) is 4.40. The number of carbonyl (C=O) groups excluding carboxylic acids is 1. The molecule has 4 rings (SSSR count). The first kappa shape index (κ1) is 16.0. The second kappa shape index (κ2) is 6.41. The topological polar surface area (TPSA) is 74.8 Å². The molecule has 26 heavy (non-hydrogen) atoms. The van der Waals surface area contributed by atoms with E-state index in [0.717, 1.165) is 16.7 Å². The van der Waals surface area contributed by atoms with E-state index in [1.54, 1.807) is 23.1 Å². The molecule has 3 aromatic rings. The van der Waals surface area contributed by atoms with E-state index >= 15 is 0 Å². The largest absolute Gasteiger partial charge is 0.332 e. The lowest BCUT2D eigenvalue weighted by molar-refractivity contribution is -0.132. The summed E-state index contributed by atoms with van der Waals surface area (Å²) in [6, 6.07) is 14.2. The molecule has 0 bridgehead atoms. The van der Waals surface area contributed by atoms with Gasteiger partial charge in [0, 0.05) is 18.7 Å². The molecule has 0 atom stereocenters. The molecular weight excluding hydrogens is 333 g/mol. The molecule has 6 nitrogen and oxygen atoms in total. The van der Waals surface area contributed by atoms with Gasteiger partial charge in [-0.1, -0.05) is 30.3 Å². The van der Waals surface area contributed by atoms with Crippen molar-refractivity contribution in [3.63, 3.8) is 0 Å². The molecule has 0 spiro atoms. The molecule has 0 saturated heterocycles. The number of halogens is 1. The number of rotatable bonds is 3. The fraction of sp³-hybridized carbons (Fsp3) is 0.158. The van der Waals surface area contributed by atoms with Crippen molar-refractivity contribution in [2.75, 3.05) is 0 Å². The zero-order valence-electron chi connectivity index (χ0n) is 13.8. The number of aromatic nitrogens is 3. The molecule has 0 N–H and O–H groups in total. The average molecular weight is 347 g/mol. The smallest absolute Gasteiger partial charge is 0.252 e. The van der Waals surface area contributed by atoms with Gasteiger partial charge >= 0.3 is 0 Å². The van der Waals surface area contributed by atoms with Gasteiger partial charge in [0.2, 0.25) is 5.91 Å². The predicted octanol–water partition coefficient (Wildman–Crippen LogP) is 2.50. The monoisotopic (exact) mass is 347 g/mol. The molecule has 2 aromatic carbocycles. The van der Waals surface area contributed by atoms with E-state index in [4.69, 9.17) is 5.26 Å². The molecule has 0 unspecified atom stereocenters. The first-order chi connectivity index (χ1) is 12.6. The first-order valence-electron chi connectivity index (χ1n) is 8.08. The van der Waals surface area contributed by atoms with Gasteiger partial charge < -0.3 is 4.90 Å². The minimum absolute atomic E-state index is 0.0306. The van der Waals surface area contributed by atoms with Crippen LogP contribution in [0.4, 0.5) is 4.39 Å². The molecule has 1 amide bonds. The Kier molecular flexibility index (Phi) is 3.93. The third kappa shape index (κ3) is 2.93. The number of benzene rings is 2. The molecule has 0 radical (unpaired) electrons. The average Bonchev–Trinajstić information content (AvgIpc) is 3.28. The number of fused-ring (bicyclic) bond motifs is 1. The van der Waals surface area contributed by atoms with Crippen LogP contribution >= 0.6 is 0 Å². The van der Waals surface area contributed by atoms with Crippen LogP contribution in [-0.2, 0) is 24.4 Å². The summed E-state index contributed by atoms with van der Waals surface area (Å²) in [5.74, 6) is -0.335. The van der Waals surface area contributed by atoms with Crippen LogP contribution in [0.25, 0.3) is 11.1 Å². The Hall–Kier alpha value is -3.53. The van der Waals surface area contributed by atoms with Gasteiger partial charge in [-0.25, -0.2) is 14.1 Å². The van der Waals surface area contributed by atoms with Crippen LogP contribution in [0.15, 0.2) is 48.8 Å². The Morgan fingerprint density at radius 2 is 2.00 bits per heavy atom. The summed E-state index contributed by atoms with van der Waals surface area (Å²) < 4.78 is 15.4. The van der Waals surface area contributed by atoms with Crippen molar-refractivity contribution in [2.24, 2.45) is 0 Å². The van der Waals surface area contributed by atoms with Gasteiger partial charge in [0.05, 0.1) is 0 Å². The highest BCUT2D eigenvalue weighted by atomic mass is 19.1. The van der Waals surface area contributed by atoms with E-state index in [1.165, 1.54) is 17.1 Å². The standard InChI is InChI=1S/C19H14FN5O/c20-17-4-2-1-3-16(17)13-5-6-14-9-24(10-15(14)7-13)19(26)11-25-12-22-18(8-21)23-25/h1-7,12H,9-11H2. The Bertz CT molecular complexity index is 1040. The second-order valence-corrected chi connectivity index (χ2v) is 6.09. The van der Waals surface area contributed by atoms with Gasteiger partial charge in [-0.3, -0.25) is 4.79 Å². The first-order valence-corrected chi connectivity index (χ1v) is 8.08. The summed E-state index contributed by atoms with van der Waals surface area (Å²) in [5.41, 5.74) is 3.41. The van der Waals surface area contributed by atoms with Crippen LogP contribution < -0.4 is 0 Å². The molecule has 7 heteroatoms. The van der Waals surface area contributed by atoms with Crippen molar-refractivity contribution in [3.05, 3.63) is 71.6 Å². The zero-order valence-corrected chi connectivity index (χ0v) is 13.8. The molecule has 1 aliphatic heterocycles. The number of hydrogen-bond acceptors (Lipinski definition) is 4. The van der Waals surface area contributed by atoms with Gasteiger partial charge in [0.1, 0.15) is 24.8 Å². The van der Waals surface area contributed by atoms with Gasteiger partial charge in [0.15, 0.2) is 0 Å². The Balaban J connectivity index is 1.51. The van der Waals surface area contributed by atoms with E-state index in [1.807, 2.05) is 24.3 Å². The highest BCUT2D eigenvalue weighted by molar-refractivity contribution is 5.77. The summed E-state index contributed by atoms with van der Waals surface area (Å²) in [6.45, 7) is 1.00. The maximum absolute atomic E-state index is 14.0. The Morgan fingerprint density at radius 3 is 2.77 bits per heavy atom. The second-order valence-electron chi connectivity index (χ2n) is 6.09. The van der Waals surface area contributed by atoms with Crippen molar-refractivity contribution in [2.45, 2.75) is 19.6 Å². The molecule has 1 aromatic heterocycles. The van der Waals surface area contributed by atoms with Gasteiger partial charge in [-0.2, -0.15) is 5.26 Å².